The van der Waals surface area contributed by atoms with Crippen LogP contribution < -0.4 is 0 Å². The van der Waals surface area contributed by atoms with Crippen LogP contribution in [0.2, 0.25) is 0 Å². The fraction of sp³-hybridized carbons (Fsp3) is 0.313. The molecule has 1 N–H and O–H groups in total. The fourth-order valence-corrected chi connectivity index (χ4v) is 7.27. The number of para-hydroxylation sites is 4. The molecular weight excluding hydrogens is 959 g/mol. The molecule has 0 bridgehead atoms. The molecule has 0 spiro atoms. The summed E-state index contributed by atoms with van der Waals surface area (Å²) in [5, 5.41) is 4.81. The van der Waals surface area contributed by atoms with E-state index in [1.807, 2.05) is 110 Å². The molecule has 11 aromatic rings. The average molecular weight is 1040 g/mol. The number of hydrogen-bond acceptors (Lipinski definition) is 10. The maximum absolute atomic E-state index is 4.57. The summed E-state index contributed by atoms with van der Waals surface area (Å²) in [6, 6.07) is 46.9. The van der Waals surface area contributed by atoms with Crippen LogP contribution in [0.3, 0.4) is 0 Å². The standard InChI is InChI=1S/2C12H13N.C11H12N2.C10H12N2.C8H11N.2C7H10N2/c1-9(2)12-7-10-5-3-4-6-11(10)8-13-12;1-9(2)11-8-7-10-5-3-4-6-12(10)13-11;1-8(2)11-12-7-9-5-3-4-6-10(9)13-11;1-7(2)10-11-8-5-3-4-6-9(8)12-10;1-7(2)8-5-3-4-6-9-8;1-6(2)7-5-8-3-4-9-7;1-6(2)7-8-4-3-5-9-7/h2*3-9H,1-2H3;3-8H,1-2H3;3-7H,1-2H3,(H,11,12);3-7H,1-2H3;2*3-6H,1-2H3. The molecule has 0 saturated heterocycles. The van der Waals surface area contributed by atoms with E-state index >= 15 is 0 Å². The zero-order valence-corrected chi connectivity index (χ0v) is 48.4. The maximum atomic E-state index is 4.57. The Balaban J connectivity index is 0.000000169. The third kappa shape index (κ3) is 20.1. The normalized spacial score (nSPS) is 10.7. The van der Waals surface area contributed by atoms with Crippen molar-refractivity contribution in [2.24, 2.45) is 0 Å². The SMILES string of the molecule is CC(C)c1cc2ccccc2cn1.CC(C)c1ccc2ccccc2n1.CC(C)c1ccccn1.CC(C)c1cnccn1.CC(C)c1nc2ccccc2[nH]1.CC(C)c1ncc2ccccc2n1.CC(C)c1ncccn1. The molecule has 11 nitrogen and oxygen atoms in total. The molecule has 7 aromatic heterocycles. The van der Waals surface area contributed by atoms with Gasteiger partial charge in [0, 0.05) is 101 Å². The molecule has 11 rings (SSSR count). The number of rotatable bonds is 7. The first-order valence-electron chi connectivity index (χ1n) is 27.3. The number of pyridine rings is 3. The Morgan fingerprint density at radius 3 is 1.35 bits per heavy atom. The Labute approximate surface area is 464 Å². The number of aromatic nitrogens is 11. The van der Waals surface area contributed by atoms with Crippen molar-refractivity contribution in [3.8, 4) is 0 Å². The van der Waals surface area contributed by atoms with Gasteiger partial charge in [0.25, 0.3) is 0 Å². The average Bonchev–Trinajstić information content (AvgIpc) is 3.92. The largest absolute Gasteiger partial charge is 0.342 e. The number of fused-ring (bicyclic) bond motifs is 4. The van der Waals surface area contributed by atoms with Crippen molar-refractivity contribution in [2.75, 3.05) is 0 Å². The molecule has 7 heterocycles. The van der Waals surface area contributed by atoms with Gasteiger partial charge < -0.3 is 4.98 Å². The maximum Gasteiger partial charge on any atom is 0.131 e. The van der Waals surface area contributed by atoms with E-state index in [2.05, 4.69) is 200 Å². The fourth-order valence-electron chi connectivity index (χ4n) is 7.27. The van der Waals surface area contributed by atoms with Gasteiger partial charge >= 0.3 is 0 Å². The molecule has 0 radical (unpaired) electrons. The van der Waals surface area contributed by atoms with Crippen LogP contribution in [0.25, 0.3) is 43.6 Å². The number of H-pyrrole nitrogens is 1. The second-order valence-electron chi connectivity index (χ2n) is 20.9. The highest BCUT2D eigenvalue weighted by Gasteiger charge is 2.06. The summed E-state index contributed by atoms with van der Waals surface area (Å²) in [5.41, 5.74) is 8.85. The Morgan fingerprint density at radius 1 is 0.295 bits per heavy atom. The number of hydrogen-bond donors (Lipinski definition) is 1. The third-order valence-electron chi connectivity index (χ3n) is 12.0. The number of benzene rings is 4. The smallest absolute Gasteiger partial charge is 0.131 e. The Hall–Kier alpha value is -8.18. The van der Waals surface area contributed by atoms with Gasteiger partial charge in [0.1, 0.15) is 17.5 Å². The quantitative estimate of drug-likeness (QED) is 0.164. The minimum Gasteiger partial charge on any atom is -0.342 e. The number of imidazole rings is 1. The summed E-state index contributed by atoms with van der Waals surface area (Å²) < 4.78 is 0. The summed E-state index contributed by atoms with van der Waals surface area (Å²) in [4.78, 5) is 45.9. The van der Waals surface area contributed by atoms with Crippen LogP contribution in [0.4, 0.5) is 0 Å². The van der Waals surface area contributed by atoms with E-state index in [4.69, 9.17) is 0 Å². The van der Waals surface area contributed by atoms with Gasteiger partial charge in [-0.15, -0.1) is 0 Å². The Bertz CT molecular complexity index is 3080. The van der Waals surface area contributed by atoms with E-state index in [-0.39, 0.29) is 0 Å². The Morgan fingerprint density at radius 2 is 0.821 bits per heavy atom. The molecule has 0 saturated carbocycles. The monoisotopic (exact) mass is 1040 g/mol. The van der Waals surface area contributed by atoms with Crippen LogP contribution in [0, 0.1) is 0 Å². The van der Waals surface area contributed by atoms with E-state index in [0.29, 0.717) is 41.4 Å². The summed E-state index contributed by atoms with van der Waals surface area (Å²) >= 11 is 0. The van der Waals surface area contributed by atoms with Gasteiger partial charge in [0.05, 0.1) is 27.8 Å². The summed E-state index contributed by atoms with van der Waals surface area (Å²) in [5.74, 6) is 6.24. The van der Waals surface area contributed by atoms with Crippen molar-refractivity contribution in [3.63, 3.8) is 0 Å². The third-order valence-corrected chi connectivity index (χ3v) is 12.0. The van der Waals surface area contributed by atoms with Crippen LogP contribution in [0.15, 0.2) is 189 Å². The topological polar surface area (TPSA) is 145 Å². The zero-order valence-electron chi connectivity index (χ0n) is 48.4. The number of aromatic amines is 1. The van der Waals surface area contributed by atoms with Crippen molar-refractivity contribution in [3.05, 3.63) is 229 Å². The van der Waals surface area contributed by atoms with Gasteiger partial charge in [0.2, 0.25) is 0 Å². The summed E-state index contributed by atoms with van der Waals surface area (Å²) in [7, 11) is 0. The van der Waals surface area contributed by atoms with Gasteiger partial charge in [0.15, 0.2) is 0 Å². The van der Waals surface area contributed by atoms with E-state index in [1.165, 1.54) is 27.5 Å². The molecule has 0 atom stereocenters. The van der Waals surface area contributed by atoms with Crippen molar-refractivity contribution in [2.45, 2.75) is 138 Å². The molecule has 0 aliphatic carbocycles. The lowest BCUT2D eigenvalue weighted by Crippen LogP contribution is -1.96. The van der Waals surface area contributed by atoms with Gasteiger partial charge in [-0.05, 0) is 83.7 Å². The van der Waals surface area contributed by atoms with Crippen LogP contribution in [0.5, 0.6) is 0 Å². The highest BCUT2D eigenvalue weighted by atomic mass is 14.9. The molecule has 4 aromatic carbocycles. The molecular formula is C67H81N11. The van der Waals surface area contributed by atoms with E-state index < -0.39 is 0 Å². The lowest BCUT2D eigenvalue weighted by atomic mass is 10.1. The molecule has 0 aliphatic heterocycles. The molecule has 78 heavy (non-hydrogen) atoms. The van der Waals surface area contributed by atoms with Crippen molar-refractivity contribution in [1.82, 2.24) is 54.8 Å². The van der Waals surface area contributed by atoms with Crippen molar-refractivity contribution in [1.29, 1.82) is 0 Å². The first-order chi connectivity index (χ1) is 37.5. The predicted octanol–water partition coefficient (Wildman–Crippen LogP) is 17.6. The predicted molar refractivity (Wildman–Crippen MR) is 326 cm³/mol. The first-order valence-corrected chi connectivity index (χ1v) is 27.3. The van der Waals surface area contributed by atoms with E-state index in [1.54, 1.807) is 31.0 Å². The molecule has 11 heteroatoms. The molecule has 0 fully saturated rings. The minimum atomic E-state index is 0.393. The highest BCUT2D eigenvalue weighted by Crippen LogP contribution is 2.20. The lowest BCUT2D eigenvalue weighted by Gasteiger charge is -2.04. The molecule has 0 amide bonds. The van der Waals surface area contributed by atoms with Gasteiger partial charge in [-0.2, -0.15) is 0 Å². The zero-order chi connectivity index (χ0) is 56.4. The lowest BCUT2D eigenvalue weighted by molar-refractivity contribution is 0.774. The van der Waals surface area contributed by atoms with Gasteiger partial charge in [-0.25, -0.2) is 24.9 Å². The number of nitrogens with one attached hydrogen (secondary N) is 1. The number of nitrogens with zero attached hydrogens (tertiary/aromatic N) is 10. The van der Waals surface area contributed by atoms with Crippen LogP contribution in [-0.2, 0) is 0 Å². The van der Waals surface area contributed by atoms with Gasteiger partial charge in [-0.1, -0.05) is 182 Å². The summed E-state index contributed by atoms with van der Waals surface area (Å²) in [6.07, 6.45) is 14.4. The van der Waals surface area contributed by atoms with E-state index in [9.17, 15) is 0 Å². The highest BCUT2D eigenvalue weighted by molar-refractivity contribution is 5.82. The van der Waals surface area contributed by atoms with Crippen LogP contribution in [-0.4, -0.2) is 54.8 Å². The van der Waals surface area contributed by atoms with Crippen LogP contribution >= 0.6 is 0 Å². The second-order valence-corrected chi connectivity index (χ2v) is 20.9. The summed E-state index contributed by atoms with van der Waals surface area (Å²) in [6.45, 7) is 29.8. The van der Waals surface area contributed by atoms with Gasteiger partial charge in [-0.3, -0.25) is 24.9 Å². The van der Waals surface area contributed by atoms with E-state index in [0.717, 1.165) is 56.3 Å². The Kier molecular flexibility index (Phi) is 24.7. The first kappa shape index (κ1) is 60.7. The minimum absolute atomic E-state index is 0.393. The van der Waals surface area contributed by atoms with Crippen molar-refractivity contribution < 1.29 is 0 Å². The molecule has 404 valence electrons. The second kappa shape index (κ2) is 31.8. The molecule has 0 aliphatic rings. The van der Waals surface area contributed by atoms with Crippen LogP contribution in [0.1, 0.15) is 179 Å². The molecule has 0 unspecified atom stereocenters. The van der Waals surface area contributed by atoms with Crippen molar-refractivity contribution >= 4 is 43.6 Å².